The Morgan fingerprint density at radius 2 is 1.00 bits per heavy atom. The second kappa shape index (κ2) is 23.8. The zero-order valence-electron chi connectivity index (χ0n) is 30.7. The Bertz CT molecular complexity index is 1780. The van der Waals surface area contributed by atoms with E-state index in [4.69, 9.17) is 9.47 Å². The molecule has 0 radical (unpaired) electrons. The summed E-state index contributed by atoms with van der Waals surface area (Å²) in [5, 5.41) is 20.9. The molecule has 4 aromatic carbocycles. The number of hydrogen-bond donors (Lipinski definition) is 2. The number of benzene rings is 4. The first kappa shape index (κ1) is 46.3. The quantitative estimate of drug-likeness (QED) is 0.0499. The second-order valence-corrected chi connectivity index (χ2v) is 15.4. The molecular formula is C40H50CaO10S2. The standard InChI is InChI=1S/2C20H26O5S.Ca/c2*1-2-3-4-5-6-7-10-16-11-8-9-12-18(16)25-19-14-13-17(21)15-20(19)26(22,23)24;/h2*8-9,11-15,21H,2-7,10H2,1H3,(H,22,23,24);/q;;+2/p-2. The number of para-hydroxylation sites is 2. The fourth-order valence-corrected chi connectivity index (χ4v) is 6.85. The van der Waals surface area contributed by atoms with Gasteiger partial charge in [0.05, 0.1) is 4.90 Å². The monoisotopic (exact) mass is 794 g/mol. The third-order valence-electron chi connectivity index (χ3n) is 8.37. The molecule has 0 aliphatic rings. The molecule has 0 aliphatic carbocycles. The molecule has 0 atom stereocenters. The molecule has 4 aromatic rings. The summed E-state index contributed by atoms with van der Waals surface area (Å²) >= 11 is 0. The summed E-state index contributed by atoms with van der Waals surface area (Å²) in [6.45, 7) is 4.38. The average Bonchev–Trinajstić information content (AvgIpc) is 3.10. The molecule has 0 aromatic heterocycles. The third-order valence-corrected chi connectivity index (χ3v) is 10.1. The molecule has 0 saturated heterocycles. The number of unbranched alkanes of at least 4 members (excludes halogenated alkanes) is 10. The minimum Gasteiger partial charge on any atom is -0.872 e. The summed E-state index contributed by atoms with van der Waals surface area (Å²) in [7, 11) is -9.30. The van der Waals surface area contributed by atoms with Crippen molar-refractivity contribution >= 4 is 58.0 Å². The van der Waals surface area contributed by atoms with Gasteiger partial charge >= 0.3 is 37.7 Å². The van der Waals surface area contributed by atoms with E-state index < -0.39 is 35.8 Å². The molecule has 0 bridgehead atoms. The van der Waals surface area contributed by atoms with E-state index in [-0.39, 0.29) is 55.0 Å². The summed E-state index contributed by atoms with van der Waals surface area (Å²) < 4.78 is 78.1. The van der Waals surface area contributed by atoms with Crippen molar-refractivity contribution in [3.8, 4) is 34.5 Å². The van der Waals surface area contributed by atoms with Gasteiger partial charge in [0.1, 0.15) is 43.8 Å². The summed E-state index contributed by atoms with van der Waals surface area (Å²) in [4.78, 5) is -1.08. The number of aryl methyl sites for hydroxylation is 2. The summed E-state index contributed by atoms with van der Waals surface area (Å²) in [5.74, 6) is 0.120. The van der Waals surface area contributed by atoms with E-state index in [0.29, 0.717) is 11.5 Å². The van der Waals surface area contributed by atoms with Gasteiger partial charge in [-0.3, -0.25) is 4.55 Å². The molecule has 284 valence electrons. The third kappa shape index (κ3) is 16.6. The van der Waals surface area contributed by atoms with Crippen molar-refractivity contribution < 1.29 is 45.6 Å². The Balaban J connectivity index is 0.000000360. The van der Waals surface area contributed by atoms with E-state index in [9.17, 15) is 36.2 Å². The number of rotatable bonds is 20. The van der Waals surface area contributed by atoms with Crippen molar-refractivity contribution in [2.45, 2.75) is 114 Å². The Morgan fingerprint density at radius 3 is 1.47 bits per heavy atom. The first-order chi connectivity index (χ1) is 24.8. The molecule has 0 saturated carbocycles. The maximum Gasteiger partial charge on any atom is 2.00 e. The zero-order chi connectivity index (χ0) is 38.0. The van der Waals surface area contributed by atoms with Gasteiger partial charge in [0, 0.05) is 6.07 Å². The average molecular weight is 795 g/mol. The molecule has 0 unspecified atom stereocenters. The van der Waals surface area contributed by atoms with Crippen molar-refractivity contribution in [1.29, 1.82) is 0 Å². The minimum absolute atomic E-state index is 0. The molecule has 0 fully saturated rings. The molecule has 53 heavy (non-hydrogen) atoms. The smallest absolute Gasteiger partial charge is 0.872 e. The van der Waals surface area contributed by atoms with Gasteiger partial charge in [-0.2, -0.15) is 8.42 Å². The second-order valence-electron chi connectivity index (χ2n) is 12.6. The normalized spacial score (nSPS) is 11.2. The van der Waals surface area contributed by atoms with Crippen LogP contribution in [0, 0.1) is 0 Å². The first-order valence-corrected chi connectivity index (χ1v) is 20.8. The number of phenolic OH excluding ortho intramolecular Hbond substituents is 1. The predicted octanol–water partition coefficient (Wildman–Crippen LogP) is 9.31. The van der Waals surface area contributed by atoms with Crippen LogP contribution in [0.2, 0.25) is 0 Å². The molecule has 0 aliphatic heterocycles. The van der Waals surface area contributed by atoms with Gasteiger partial charge in [0.2, 0.25) is 0 Å². The number of phenols is 1. The van der Waals surface area contributed by atoms with Crippen molar-refractivity contribution in [3.05, 3.63) is 96.1 Å². The maximum atomic E-state index is 11.5. The van der Waals surface area contributed by atoms with Crippen LogP contribution in [0.15, 0.2) is 94.7 Å². The van der Waals surface area contributed by atoms with Crippen LogP contribution in [0.5, 0.6) is 34.5 Å². The van der Waals surface area contributed by atoms with E-state index in [2.05, 4.69) is 13.8 Å². The van der Waals surface area contributed by atoms with E-state index >= 15 is 0 Å². The molecular weight excluding hydrogens is 745 g/mol. The molecule has 2 N–H and O–H groups in total. The Hall–Kier alpha value is -2.84. The largest absolute Gasteiger partial charge is 2.00 e. The van der Waals surface area contributed by atoms with E-state index in [1.54, 1.807) is 18.2 Å². The van der Waals surface area contributed by atoms with Gasteiger partial charge in [-0.05, 0) is 73.2 Å². The van der Waals surface area contributed by atoms with Gasteiger partial charge in [-0.1, -0.05) is 121 Å². The fraction of sp³-hybridized carbons (Fsp3) is 0.400. The van der Waals surface area contributed by atoms with Crippen LogP contribution >= 0.6 is 0 Å². The SMILES string of the molecule is CCCCCCCCc1ccccc1Oc1ccc(O)cc1S(=O)(=O)O.CCCCCCCCc1ccccc1Oc1ccc([O-])cc1S(=O)(=O)[O-].[Ca+2]. The fourth-order valence-electron chi connectivity index (χ4n) is 5.60. The number of hydrogen-bond acceptors (Lipinski definition) is 9. The summed E-state index contributed by atoms with van der Waals surface area (Å²) in [6, 6.07) is 21.6. The summed E-state index contributed by atoms with van der Waals surface area (Å²) in [6.07, 6.45) is 15.8. The summed E-state index contributed by atoms with van der Waals surface area (Å²) in [5.41, 5.74) is 1.93. The van der Waals surface area contributed by atoms with Gasteiger partial charge in [0.15, 0.2) is 0 Å². The van der Waals surface area contributed by atoms with Crippen LogP contribution in [0.4, 0.5) is 0 Å². The van der Waals surface area contributed by atoms with Crippen LogP contribution in [-0.2, 0) is 33.1 Å². The van der Waals surface area contributed by atoms with Crippen LogP contribution in [0.1, 0.15) is 102 Å². The Labute approximate surface area is 345 Å². The molecule has 0 amide bonds. The van der Waals surface area contributed by atoms with Crippen LogP contribution < -0.4 is 14.6 Å². The van der Waals surface area contributed by atoms with Crippen molar-refractivity contribution in [2.75, 3.05) is 0 Å². The number of ether oxygens (including phenoxy) is 2. The van der Waals surface area contributed by atoms with E-state index in [1.807, 2.05) is 30.3 Å². The maximum absolute atomic E-state index is 11.5. The zero-order valence-corrected chi connectivity index (χ0v) is 34.5. The Morgan fingerprint density at radius 1 is 0.566 bits per heavy atom. The topological polar surface area (TPSA) is 173 Å². The van der Waals surface area contributed by atoms with Gasteiger partial charge in [-0.25, -0.2) is 8.42 Å². The van der Waals surface area contributed by atoms with Gasteiger partial charge in [0.25, 0.3) is 10.1 Å². The van der Waals surface area contributed by atoms with Crippen molar-refractivity contribution in [1.82, 2.24) is 0 Å². The van der Waals surface area contributed by atoms with Crippen molar-refractivity contribution in [3.63, 3.8) is 0 Å². The van der Waals surface area contributed by atoms with Gasteiger partial charge in [-0.15, -0.1) is 5.75 Å². The molecule has 0 spiro atoms. The minimum atomic E-state index is -4.79. The van der Waals surface area contributed by atoms with E-state index in [0.717, 1.165) is 61.8 Å². The molecule has 0 heterocycles. The van der Waals surface area contributed by atoms with Crippen LogP contribution in [0.3, 0.4) is 0 Å². The molecule has 13 heteroatoms. The molecule has 4 rings (SSSR count). The van der Waals surface area contributed by atoms with Crippen molar-refractivity contribution in [2.24, 2.45) is 0 Å². The van der Waals surface area contributed by atoms with Crippen LogP contribution in [-0.4, -0.2) is 68.8 Å². The van der Waals surface area contributed by atoms with Crippen LogP contribution in [0.25, 0.3) is 0 Å². The van der Waals surface area contributed by atoms with Gasteiger partial charge < -0.3 is 24.2 Å². The van der Waals surface area contributed by atoms with E-state index in [1.165, 1.54) is 75.6 Å². The predicted molar refractivity (Wildman–Crippen MR) is 205 cm³/mol. The molecule has 10 nitrogen and oxygen atoms in total. The Kier molecular flexibility index (Phi) is 20.8. The number of aromatic hydroxyl groups is 1. The first-order valence-electron chi connectivity index (χ1n) is 17.9.